The SMILES string of the molecule is COc1ccc(-n2cccc2-c2ccc(S(C)(=O)=O)cc2)cc1. The normalized spacial score (nSPS) is 11.4. The highest BCUT2D eigenvalue weighted by atomic mass is 32.2. The zero-order chi connectivity index (χ0) is 16.4. The Kier molecular flexibility index (Phi) is 3.96. The van der Waals surface area contributed by atoms with Crippen LogP contribution in [0.3, 0.4) is 0 Å². The monoisotopic (exact) mass is 327 g/mol. The molecule has 118 valence electrons. The molecule has 0 atom stereocenters. The fourth-order valence-electron chi connectivity index (χ4n) is 2.46. The molecule has 1 heterocycles. The molecule has 3 rings (SSSR count). The van der Waals surface area contributed by atoms with Crippen LogP contribution in [-0.2, 0) is 9.84 Å². The Morgan fingerprint density at radius 1 is 0.913 bits per heavy atom. The van der Waals surface area contributed by atoms with Crippen molar-refractivity contribution in [3.8, 4) is 22.7 Å². The molecule has 0 saturated heterocycles. The van der Waals surface area contributed by atoms with Crippen LogP contribution in [-0.4, -0.2) is 26.4 Å². The third-order valence-electron chi connectivity index (χ3n) is 3.68. The smallest absolute Gasteiger partial charge is 0.175 e. The molecular weight excluding hydrogens is 310 g/mol. The van der Waals surface area contributed by atoms with Gasteiger partial charge in [0.05, 0.1) is 17.7 Å². The van der Waals surface area contributed by atoms with Crippen LogP contribution >= 0.6 is 0 Å². The second-order valence-corrected chi connectivity index (χ2v) is 7.27. The Hall–Kier alpha value is -2.53. The Morgan fingerprint density at radius 2 is 1.57 bits per heavy atom. The lowest BCUT2D eigenvalue weighted by Gasteiger charge is -2.11. The van der Waals surface area contributed by atoms with Crippen LogP contribution in [0, 0.1) is 0 Å². The van der Waals surface area contributed by atoms with Crippen molar-refractivity contribution in [2.45, 2.75) is 4.90 Å². The molecule has 0 N–H and O–H groups in total. The maximum absolute atomic E-state index is 11.6. The van der Waals surface area contributed by atoms with E-state index < -0.39 is 9.84 Å². The first-order valence-corrected chi connectivity index (χ1v) is 9.00. The first-order chi connectivity index (χ1) is 11.0. The van der Waals surface area contributed by atoms with Gasteiger partial charge in [0.15, 0.2) is 9.84 Å². The summed E-state index contributed by atoms with van der Waals surface area (Å²) in [4.78, 5) is 0.323. The molecule has 0 aliphatic rings. The van der Waals surface area contributed by atoms with Crippen molar-refractivity contribution >= 4 is 9.84 Å². The van der Waals surface area contributed by atoms with Crippen LogP contribution in [0.4, 0.5) is 0 Å². The molecule has 5 heteroatoms. The molecule has 0 bridgehead atoms. The predicted octanol–water partition coefficient (Wildman–Crippen LogP) is 3.56. The molecule has 0 spiro atoms. The van der Waals surface area contributed by atoms with Crippen LogP contribution in [0.5, 0.6) is 5.75 Å². The average molecular weight is 327 g/mol. The molecule has 0 aliphatic heterocycles. The van der Waals surface area contributed by atoms with Crippen LogP contribution in [0.15, 0.2) is 71.8 Å². The Bertz CT molecular complexity index is 908. The van der Waals surface area contributed by atoms with Crippen LogP contribution in [0.1, 0.15) is 0 Å². The van der Waals surface area contributed by atoms with E-state index in [-0.39, 0.29) is 0 Å². The van der Waals surface area contributed by atoms with E-state index in [0.717, 1.165) is 22.7 Å². The average Bonchev–Trinajstić information content (AvgIpc) is 3.04. The molecule has 2 aromatic carbocycles. The highest BCUT2D eigenvalue weighted by molar-refractivity contribution is 7.90. The summed E-state index contributed by atoms with van der Waals surface area (Å²) in [5.74, 6) is 0.806. The second-order valence-electron chi connectivity index (χ2n) is 5.26. The lowest BCUT2D eigenvalue weighted by Crippen LogP contribution is -1.98. The summed E-state index contributed by atoms with van der Waals surface area (Å²) in [5.41, 5.74) is 2.96. The van der Waals surface area contributed by atoms with Crippen molar-refractivity contribution < 1.29 is 13.2 Å². The first-order valence-electron chi connectivity index (χ1n) is 7.11. The molecule has 23 heavy (non-hydrogen) atoms. The van der Waals surface area contributed by atoms with Crippen molar-refractivity contribution in [2.24, 2.45) is 0 Å². The van der Waals surface area contributed by atoms with Crippen LogP contribution in [0.2, 0.25) is 0 Å². The number of methoxy groups -OCH3 is 1. The number of aromatic nitrogens is 1. The van der Waals surface area contributed by atoms with Crippen LogP contribution < -0.4 is 4.74 Å². The number of sulfone groups is 1. The van der Waals surface area contributed by atoms with Gasteiger partial charge in [0.1, 0.15) is 5.75 Å². The highest BCUT2D eigenvalue weighted by Crippen LogP contribution is 2.26. The molecule has 0 amide bonds. The maximum atomic E-state index is 11.6. The maximum Gasteiger partial charge on any atom is 0.175 e. The van der Waals surface area contributed by atoms with E-state index in [4.69, 9.17) is 4.74 Å². The molecule has 0 saturated carbocycles. The quantitative estimate of drug-likeness (QED) is 0.736. The number of nitrogens with zero attached hydrogens (tertiary/aromatic N) is 1. The largest absolute Gasteiger partial charge is 0.497 e. The summed E-state index contributed by atoms with van der Waals surface area (Å²) < 4.78 is 30.4. The Morgan fingerprint density at radius 3 is 2.13 bits per heavy atom. The van der Waals surface area contributed by atoms with E-state index in [1.165, 1.54) is 6.26 Å². The minimum absolute atomic E-state index is 0.323. The van der Waals surface area contributed by atoms with Gasteiger partial charge in [-0.25, -0.2) is 8.42 Å². The van der Waals surface area contributed by atoms with Crippen molar-refractivity contribution in [1.82, 2.24) is 4.57 Å². The van der Waals surface area contributed by atoms with E-state index in [9.17, 15) is 8.42 Å². The lowest BCUT2D eigenvalue weighted by molar-refractivity contribution is 0.415. The second kappa shape index (κ2) is 5.93. The minimum Gasteiger partial charge on any atom is -0.497 e. The third-order valence-corrected chi connectivity index (χ3v) is 4.81. The third kappa shape index (κ3) is 3.14. The van der Waals surface area contributed by atoms with Gasteiger partial charge in [-0.1, -0.05) is 12.1 Å². The number of ether oxygens (including phenoxy) is 1. The zero-order valence-corrected chi connectivity index (χ0v) is 13.7. The zero-order valence-electron chi connectivity index (χ0n) is 12.9. The minimum atomic E-state index is -3.18. The molecule has 3 aromatic rings. The van der Waals surface area contributed by atoms with Gasteiger partial charge in [-0.3, -0.25) is 0 Å². The molecule has 0 radical (unpaired) electrons. The number of hydrogen-bond acceptors (Lipinski definition) is 3. The van der Waals surface area contributed by atoms with Gasteiger partial charge in [-0.2, -0.15) is 0 Å². The summed E-state index contributed by atoms with van der Waals surface area (Å²) in [7, 11) is -1.54. The summed E-state index contributed by atoms with van der Waals surface area (Å²) in [6.45, 7) is 0. The molecule has 0 unspecified atom stereocenters. The summed E-state index contributed by atoms with van der Waals surface area (Å²) in [6, 6.07) is 18.7. The molecule has 4 nitrogen and oxygen atoms in total. The van der Waals surface area contributed by atoms with Gasteiger partial charge in [0.25, 0.3) is 0 Å². The number of benzene rings is 2. The molecule has 0 fully saturated rings. The lowest BCUT2D eigenvalue weighted by atomic mass is 10.1. The Labute approximate surface area is 135 Å². The topological polar surface area (TPSA) is 48.3 Å². The van der Waals surface area contributed by atoms with Crippen molar-refractivity contribution in [1.29, 1.82) is 0 Å². The molecular formula is C18H17NO3S. The fraction of sp³-hybridized carbons (Fsp3) is 0.111. The van der Waals surface area contributed by atoms with E-state index in [2.05, 4.69) is 4.57 Å². The first kappa shape index (κ1) is 15.4. The summed E-state index contributed by atoms with van der Waals surface area (Å²) in [5, 5.41) is 0. The fourth-order valence-corrected chi connectivity index (χ4v) is 3.09. The number of rotatable bonds is 4. The van der Waals surface area contributed by atoms with Gasteiger partial charge in [-0.05, 0) is 54.1 Å². The van der Waals surface area contributed by atoms with Gasteiger partial charge in [-0.15, -0.1) is 0 Å². The van der Waals surface area contributed by atoms with Crippen molar-refractivity contribution in [3.63, 3.8) is 0 Å². The highest BCUT2D eigenvalue weighted by Gasteiger charge is 2.09. The van der Waals surface area contributed by atoms with Crippen LogP contribution in [0.25, 0.3) is 16.9 Å². The van der Waals surface area contributed by atoms with Gasteiger partial charge < -0.3 is 9.30 Å². The number of hydrogen-bond donors (Lipinski definition) is 0. The van der Waals surface area contributed by atoms with Crippen molar-refractivity contribution in [3.05, 3.63) is 66.9 Å². The summed E-state index contributed by atoms with van der Waals surface area (Å²) in [6.07, 6.45) is 3.18. The van der Waals surface area contributed by atoms with Gasteiger partial charge >= 0.3 is 0 Å². The molecule has 1 aromatic heterocycles. The van der Waals surface area contributed by atoms with Gasteiger partial charge in [0, 0.05) is 18.1 Å². The Balaban J connectivity index is 2.00. The standard InChI is InChI=1S/C18H17NO3S/c1-22-16-9-7-15(8-10-16)19-13-3-4-18(19)14-5-11-17(12-6-14)23(2,20)21/h3-13H,1-2H3. The van der Waals surface area contributed by atoms with E-state index in [1.54, 1.807) is 19.2 Å². The van der Waals surface area contributed by atoms with E-state index in [0.29, 0.717) is 4.90 Å². The summed E-state index contributed by atoms with van der Waals surface area (Å²) >= 11 is 0. The van der Waals surface area contributed by atoms with Crippen molar-refractivity contribution in [2.75, 3.05) is 13.4 Å². The molecule has 0 aliphatic carbocycles. The van der Waals surface area contributed by atoms with E-state index >= 15 is 0 Å². The van der Waals surface area contributed by atoms with E-state index in [1.807, 2.05) is 54.7 Å². The predicted molar refractivity (Wildman–Crippen MR) is 90.9 cm³/mol. The van der Waals surface area contributed by atoms with Gasteiger partial charge in [0.2, 0.25) is 0 Å².